The van der Waals surface area contributed by atoms with E-state index in [0.29, 0.717) is 30.0 Å². The topological polar surface area (TPSA) is 82.6 Å². The molecule has 2 aromatic rings. The number of anilines is 2. The Bertz CT molecular complexity index is 856. The number of ketones is 1. The number of aromatic nitrogens is 1. The number of amides is 2. The molecule has 2 amide bonds. The van der Waals surface area contributed by atoms with Gasteiger partial charge in [0.2, 0.25) is 5.91 Å². The summed E-state index contributed by atoms with van der Waals surface area (Å²) in [5.74, 6) is -0.296. The molecule has 2 heterocycles. The third-order valence-corrected chi connectivity index (χ3v) is 4.60. The molecule has 0 radical (unpaired) electrons. The lowest BCUT2D eigenvalue weighted by atomic mass is 10.1. The van der Waals surface area contributed by atoms with Crippen molar-refractivity contribution < 1.29 is 14.4 Å². The maximum atomic E-state index is 12.4. The van der Waals surface area contributed by atoms with Crippen LogP contribution in [0.1, 0.15) is 34.7 Å². The first kappa shape index (κ1) is 18.6. The van der Waals surface area contributed by atoms with Crippen LogP contribution in [0.3, 0.4) is 0 Å². The Balaban J connectivity index is 1.63. The summed E-state index contributed by atoms with van der Waals surface area (Å²) in [5.41, 5.74) is 2.32. The molecule has 0 saturated carbocycles. The number of benzene rings is 1. The predicted molar refractivity (Wildman–Crippen MR) is 103 cm³/mol. The smallest absolute Gasteiger partial charge is 0.274 e. The van der Waals surface area contributed by atoms with Crippen LogP contribution in [0.4, 0.5) is 11.4 Å². The predicted octanol–water partition coefficient (Wildman–Crippen LogP) is 2.21. The van der Waals surface area contributed by atoms with E-state index in [1.807, 2.05) is 11.0 Å². The van der Waals surface area contributed by atoms with Gasteiger partial charge in [-0.3, -0.25) is 14.4 Å². The van der Waals surface area contributed by atoms with Crippen molar-refractivity contribution in [3.63, 3.8) is 0 Å². The number of nitrogens with zero attached hydrogens (tertiary/aromatic N) is 3. The van der Waals surface area contributed by atoms with Gasteiger partial charge in [-0.05, 0) is 31.2 Å². The molecule has 0 spiro atoms. The van der Waals surface area contributed by atoms with E-state index in [2.05, 4.69) is 15.2 Å². The highest BCUT2D eigenvalue weighted by atomic mass is 16.2. The van der Waals surface area contributed by atoms with E-state index in [-0.39, 0.29) is 17.6 Å². The van der Waals surface area contributed by atoms with E-state index >= 15 is 0 Å². The molecule has 7 nitrogen and oxygen atoms in total. The Morgan fingerprint density at radius 1 is 1.00 bits per heavy atom. The molecule has 1 aliphatic rings. The molecule has 3 rings (SSSR count). The number of hydrogen-bond donors (Lipinski definition) is 1. The van der Waals surface area contributed by atoms with Gasteiger partial charge < -0.3 is 15.1 Å². The largest absolute Gasteiger partial charge is 0.367 e. The third-order valence-electron chi connectivity index (χ3n) is 4.60. The Hall–Kier alpha value is -3.22. The lowest BCUT2D eigenvalue weighted by Gasteiger charge is -2.35. The molecule has 0 bridgehead atoms. The molecule has 27 heavy (non-hydrogen) atoms. The standard InChI is InChI=1S/C20H22N4O3/c1-14(25)16-4-3-5-17(12-16)22-20(27)19-7-6-18(13-21-19)24-10-8-23(9-11-24)15(2)26/h3-7,12-13H,8-11H2,1-2H3,(H,22,27). The van der Waals surface area contributed by atoms with E-state index in [0.717, 1.165) is 18.8 Å². The van der Waals surface area contributed by atoms with Gasteiger partial charge in [-0.25, -0.2) is 4.98 Å². The quantitative estimate of drug-likeness (QED) is 0.839. The first-order valence-electron chi connectivity index (χ1n) is 8.83. The number of Topliss-reactive ketones (excluding diaryl/α,β-unsaturated/α-hetero) is 1. The fourth-order valence-corrected chi connectivity index (χ4v) is 3.00. The van der Waals surface area contributed by atoms with E-state index in [1.54, 1.807) is 43.5 Å². The monoisotopic (exact) mass is 366 g/mol. The molecule has 140 valence electrons. The van der Waals surface area contributed by atoms with Crippen LogP contribution < -0.4 is 10.2 Å². The maximum absolute atomic E-state index is 12.4. The summed E-state index contributed by atoms with van der Waals surface area (Å²) in [6.45, 7) is 5.91. The second kappa shape index (κ2) is 7.99. The van der Waals surface area contributed by atoms with Crippen molar-refractivity contribution in [3.8, 4) is 0 Å². The zero-order chi connectivity index (χ0) is 19.4. The highest BCUT2D eigenvalue weighted by Gasteiger charge is 2.19. The minimum Gasteiger partial charge on any atom is -0.367 e. The molecule has 7 heteroatoms. The van der Waals surface area contributed by atoms with Crippen molar-refractivity contribution in [1.29, 1.82) is 0 Å². The lowest BCUT2D eigenvalue weighted by molar-refractivity contribution is -0.129. The van der Waals surface area contributed by atoms with Crippen LogP contribution in [0.15, 0.2) is 42.6 Å². The number of carbonyl (C=O) groups excluding carboxylic acids is 3. The first-order chi connectivity index (χ1) is 12.9. The normalized spacial score (nSPS) is 14.0. The Kier molecular flexibility index (Phi) is 5.49. The second-order valence-electron chi connectivity index (χ2n) is 6.49. The molecular weight excluding hydrogens is 344 g/mol. The van der Waals surface area contributed by atoms with Gasteiger partial charge in [-0.15, -0.1) is 0 Å². The maximum Gasteiger partial charge on any atom is 0.274 e. The van der Waals surface area contributed by atoms with Gasteiger partial charge >= 0.3 is 0 Å². The average molecular weight is 366 g/mol. The number of piperazine rings is 1. The number of rotatable bonds is 4. The van der Waals surface area contributed by atoms with E-state index in [9.17, 15) is 14.4 Å². The summed E-state index contributed by atoms with van der Waals surface area (Å²) in [6.07, 6.45) is 1.67. The Morgan fingerprint density at radius 3 is 2.33 bits per heavy atom. The molecule has 0 unspecified atom stereocenters. The molecule has 1 N–H and O–H groups in total. The van der Waals surface area contributed by atoms with Crippen molar-refractivity contribution in [2.45, 2.75) is 13.8 Å². The summed E-state index contributed by atoms with van der Waals surface area (Å²) in [6, 6.07) is 10.3. The van der Waals surface area contributed by atoms with Crippen LogP contribution in [0.5, 0.6) is 0 Å². The van der Waals surface area contributed by atoms with Crippen LogP contribution in [0.25, 0.3) is 0 Å². The summed E-state index contributed by atoms with van der Waals surface area (Å²) in [5, 5.41) is 2.76. The Morgan fingerprint density at radius 2 is 1.74 bits per heavy atom. The van der Waals surface area contributed by atoms with Gasteiger partial charge in [-0.2, -0.15) is 0 Å². The van der Waals surface area contributed by atoms with Gasteiger partial charge in [0.15, 0.2) is 5.78 Å². The van der Waals surface area contributed by atoms with E-state index in [1.165, 1.54) is 6.92 Å². The van der Waals surface area contributed by atoms with Crippen LogP contribution >= 0.6 is 0 Å². The van der Waals surface area contributed by atoms with E-state index in [4.69, 9.17) is 0 Å². The first-order valence-corrected chi connectivity index (χ1v) is 8.83. The zero-order valence-electron chi connectivity index (χ0n) is 15.4. The third kappa shape index (κ3) is 4.49. The minimum atomic E-state index is -0.330. The average Bonchev–Trinajstić information content (AvgIpc) is 2.68. The number of nitrogens with one attached hydrogen (secondary N) is 1. The molecule has 1 saturated heterocycles. The molecular formula is C20H22N4O3. The highest BCUT2D eigenvalue weighted by molar-refractivity contribution is 6.04. The zero-order valence-corrected chi connectivity index (χ0v) is 15.4. The van der Waals surface area contributed by atoms with Crippen LogP contribution in [0.2, 0.25) is 0 Å². The van der Waals surface area contributed by atoms with Crippen molar-refractivity contribution in [3.05, 3.63) is 53.9 Å². The minimum absolute atomic E-state index is 0.0570. The van der Waals surface area contributed by atoms with E-state index < -0.39 is 0 Å². The molecule has 0 aliphatic carbocycles. The summed E-state index contributed by atoms with van der Waals surface area (Å²) in [7, 11) is 0. The van der Waals surface area contributed by atoms with Crippen LogP contribution in [0, 0.1) is 0 Å². The number of carbonyl (C=O) groups is 3. The van der Waals surface area contributed by atoms with Crippen molar-refractivity contribution in [1.82, 2.24) is 9.88 Å². The van der Waals surface area contributed by atoms with Crippen LogP contribution in [-0.4, -0.2) is 53.7 Å². The fraction of sp³-hybridized carbons (Fsp3) is 0.300. The van der Waals surface area contributed by atoms with Crippen molar-refractivity contribution in [2.24, 2.45) is 0 Å². The summed E-state index contributed by atoms with van der Waals surface area (Å²) < 4.78 is 0. The van der Waals surface area contributed by atoms with Crippen LogP contribution in [-0.2, 0) is 4.79 Å². The SMILES string of the molecule is CC(=O)c1cccc(NC(=O)c2ccc(N3CCN(C(C)=O)CC3)cn2)c1. The van der Waals surface area contributed by atoms with Gasteiger partial charge in [0.1, 0.15) is 5.69 Å². The van der Waals surface area contributed by atoms with Gasteiger partial charge in [0.25, 0.3) is 5.91 Å². The number of pyridine rings is 1. The molecule has 1 aromatic heterocycles. The Labute approximate surface area is 158 Å². The highest BCUT2D eigenvalue weighted by Crippen LogP contribution is 2.17. The van der Waals surface area contributed by atoms with Gasteiger partial charge in [0, 0.05) is 44.4 Å². The molecule has 0 atom stereocenters. The molecule has 1 fully saturated rings. The molecule has 1 aliphatic heterocycles. The summed E-state index contributed by atoms with van der Waals surface area (Å²) in [4.78, 5) is 43.5. The fourth-order valence-electron chi connectivity index (χ4n) is 3.00. The van der Waals surface area contributed by atoms with Gasteiger partial charge in [-0.1, -0.05) is 12.1 Å². The lowest BCUT2D eigenvalue weighted by Crippen LogP contribution is -2.48. The summed E-state index contributed by atoms with van der Waals surface area (Å²) >= 11 is 0. The number of hydrogen-bond acceptors (Lipinski definition) is 5. The van der Waals surface area contributed by atoms with Crippen molar-refractivity contribution >= 4 is 29.0 Å². The van der Waals surface area contributed by atoms with Gasteiger partial charge in [0.05, 0.1) is 11.9 Å². The molecule has 1 aromatic carbocycles. The van der Waals surface area contributed by atoms with Crippen molar-refractivity contribution in [2.75, 3.05) is 36.4 Å². The second-order valence-corrected chi connectivity index (χ2v) is 6.49.